The molecule has 0 aromatic heterocycles. The van der Waals surface area contributed by atoms with Gasteiger partial charge in [-0.1, -0.05) is 53.2 Å². The zero-order valence-electron chi connectivity index (χ0n) is 34.9. The molecule has 0 amide bonds. The van der Waals surface area contributed by atoms with Gasteiger partial charge in [-0.2, -0.15) is 0 Å². The summed E-state index contributed by atoms with van der Waals surface area (Å²) >= 11 is 0. The van der Waals surface area contributed by atoms with Crippen LogP contribution in [0.15, 0.2) is 11.6 Å². The van der Waals surface area contributed by atoms with Gasteiger partial charge in [0.25, 0.3) is 0 Å². The van der Waals surface area contributed by atoms with Crippen LogP contribution in [0.5, 0.6) is 0 Å². The van der Waals surface area contributed by atoms with E-state index in [1.807, 2.05) is 20.8 Å². The summed E-state index contributed by atoms with van der Waals surface area (Å²) in [4.78, 5) is 14.8. The molecule has 59 heavy (non-hydrogen) atoms. The number of ether oxygens (including phenoxy) is 4. The Morgan fingerprint density at radius 1 is 0.712 bits per heavy atom. The average Bonchev–Trinajstić information content (AvgIpc) is 3.18. The highest BCUT2D eigenvalue weighted by atomic mass is 16.7. The number of fused-ring (bicyclic) bond motifs is 7. The smallest absolute Gasteiger partial charge is 0.315 e. The Kier molecular flexibility index (Phi) is 11.9. The maximum atomic E-state index is 14.8. The molecule has 0 aromatic carbocycles. The lowest BCUT2D eigenvalue weighted by molar-refractivity contribution is -0.328. The molecule has 5 aliphatic carbocycles. The molecule has 4 saturated carbocycles. The molecule has 0 radical (unpaired) electrons. The molecular formula is C42H68O17. The van der Waals surface area contributed by atoms with E-state index in [9.17, 15) is 66.1 Å². The number of esters is 1. The Bertz CT molecular complexity index is 1610. The molecule has 0 bridgehead atoms. The van der Waals surface area contributed by atoms with Crippen LogP contribution in [-0.2, 0) is 23.7 Å². The fourth-order valence-electron chi connectivity index (χ4n) is 13.7. The van der Waals surface area contributed by atoms with E-state index in [2.05, 4.69) is 19.9 Å². The maximum absolute atomic E-state index is 14.8. The van der Waals surface area contributed by atoms with Crippen molar-refractivity contribution in [2.75, 3.05) is 19.8 Å². The van der Waals surface area contributed by atoms with Crippen molar-refractivity contribution in [1.82, 2.24) is 0 Å². The molecule has 0 spiro atoms. The maximum Gasteiger partial charge on any atom is 0.315 e. The highest BCUT2D eigenvalue weighted by molar-refractivity contribution is 5.79. The average molecular weight is 845 g/mol. The second-order valence-electron chi connectivity index (χ2n) is 20.9. The van der Waals surface area contributed by atoms with Crippen molar-refractivity contribution in [3.8, 4) is 0 Å². The van der Waals surface area contributed by atoms with Gasteiger partial charge in [-0.25, -0.2) is 0 Å². The fraction of sp³-hybridized carbons (Fsp3) is 0.929. The molecule has 7 rings (SSSR count). The first-order valence-corrected chi connectivity index (χ1v) is 21.3. The quantitative estimate of drug-likeness (QED) is 0.0995. The first-order valence-electron chi connectivity index (χ1n) is 21.3. The number of carbonyl (C=O) groups is 1. The number of aliphatic hydroxyl groups excluding tert-OH is 12. The Morgan fingerprint density at radius 2 is 1.31 bits per heavy atom. The summed E-state index contributed by atoms with van der Waals surface area (Å²) in [5.74, 6) is -2.17. The number of hydrogen-bond donors (Lipinski definition) is 12. The molecule has 0 unspecified atom stereocenters. The third-order valence-corrected chi connectivity index (χ3v) is 17.4. The van der Waals surface area contributed by atoms with Crippen molar-refractivity contribution in [1.29, 1.82) is 0 Å². The first kappa shape index (κ1) is 45.6. The lowest BCUT2D eigenvalue weighted by atomic mass is 9.32. The molecule has 2 saturated heterocycles. The van der Waals surface area contributed by atoms with Crippen LogP contribution < -0.4 is 0 Å². The summed E-state index contributed by atoms with van der Waals surface area (Å²) in [6.07, 6.45) is -16.5. The van der Waals surface area contributed by atoms with Crippen molar-refractivity contribution in [2.45, 2.75) is 172 Å². The Morgan fingerprint density at radius 3 is 1.93 bits per heavy atom. The number of carbonyl (C=O) groups excluding carboxylic acids is 1. The minimum absolute atomic E-state index is 0.112. The SMILES string of the molecule is CC1(C)CC[C@]2(C(=O)O[C@@H]3O[C@H](CO[C@@H]4O[C@H](CO)[C@@H](O)[C@H](O)[C@H]4O)[C@@H](O)[C@H](O)[C@H]3O)CC[C@]3(C)C(=CC[C@@H]4[C@@]5(C)C[C@@H](O)[C@H](O)[C@@](C)(CO)[C@@H]5[C@H](O)C[C@]43C)[C@@H]2[C@@H]1O. The molecule has 6 fully saturated rings. The van der Waals surface area contributed by atoms with Crippen LogP contribution in [-0.4, -0.2) is 173 Å². The van der Waals surface area contributed by atoms with Crippen LogP contribution >= 0.6 is 0 Å². The summed E-state index contributed by atoms with van der Waals surface area (Å²) in [6.45, 7) is 10.2. The highest BCUT2D eigenvalue weighted by Crippen LogP contribution is 2.76. The van der Waals surface area contributed by atoms with Crippen LogP contribution in [0.4, 0.5) is 0 Å². The van der Waals surface area contributed by atoms with Gasteiger partial charge < -0.3 is 80.2 Å². The molecule has 22 atom stereocenters. The van der Waals surface area contributed by atoms with Gasteiger partial charge in [0.1, 0.15) is 48.8 Å². The van der Waals surface area contributed by atoms with Gasteiger partial charge in [0.2, 0.25) is 6.29 Å². The monoisotopic (exact) mass is 844 g/mol. The Balaban J connectivity index is 1.17. The molecule has 338 valence electrons. The van der Waals surface area contributed by atoms with Crippen LogP contribution in [0.2, 0.25) is 0 Å². The van der Waals surface area contributed by atoms with E-state index in [-0.39, 0.29) is 18.8 Å². The lowest BCUT2D eigenvalue weighted by Gasteiger charge is -2.72. The van der Waals surface area contributed by atoms with Gasteiger partial charge in [-0.05, 0) is 72.5 Å². The van der Waals surface area contributed by atoms with Gasteiger partial charge in [0, 0.05) is 17.3 Å². The minimum atomic E-state index is -1.90. The number of aliphatic hydroxyl groups is 12. The molecule has 12 N–H and O–H groups in total. The summed E-state index contributed by atoms with van der Waals surface area (Å²) in [5.41, 5.74) is -4.22. The van der Waals surface area contributed by atoms with Gasteiger partial charge >= 0.3 is 5.97 Å². The fourth-order valence-corrected chi connectivity index (χ4v) is 13.7. The zero-order chi connectivity index (χ0) is 43.6. The van der Waals surface area contributed by atoms with Crippen molar-refractivity contribution in [2.24, 2.45) is 50.2 Å². The van der Waals surface area contributed by atoms with E-state index in [0.29, 0.717) is 32.1 Å². The van der Waals surface area contributed by atoms with Gasteiger partial charge in [0.15, 0.2) is 6.29 Å². The van der Waals surface area contributed by atoms with Crippen LogP contribution in [0.3, 0.4) is 0 Å². The topological polar surface area (TPSA) is 297 Å². The minimum Gasteiger partial charge on any atom is -0.432 e. The predicted molar refractivity (Wildman–Crippen MR) is 203 cm³/mol. The molecule has 17 nitrogen and oxygen atoms in total. The third kappa shape index (κ3) is 6.54. The Labute approximate surface area is 344 Å². The van der Waals surface area contributed by atoms with Gasteiger partial charge in [-0.15, -0.1) is 0 Å². The summed E-state index contributed by atoms with van der Waals surface area (Å²) in [7, 11) is 0. The van der Waals surface area contributed by atoms with E-state index in [1.54, 1.807) is 6.92 Å². The van der Waals surface area contributed by atoms with E-state index >= 15 is 0 Å². The second kappa shape index (κ2) is 15.4. The first-order chi connectivity index (χ1) is 27.4. The number of allylic oxidation sites excluding steroid dienone is 1. The predicted octanol–water partition coefficient (Wildman–Crippen LogP) is -1.80. The normalized spacial score (nSPS) is 55.8. The summed E-state index contributed by atoms with van der Waals surface area (Å²) in [5, 5.41) is 131. The van der Waals surface area contributed by atoms with Crippen LogP contribution in [0.25, 0.3) is 0 Å². The zero-order valence-corrected chi connectivity index (χ0v) is 34.9. The number of hydrogen-bond acceptors (Lipinski definition) is 17. The molecule has 2 heterocycles. The highest BCUT2D eigenvalue weighted by Gasteiger charge is 2.73. The van der Waals surface area contributed by atoms with E-state index in [0.717, 1.165) is 5.57 Å². The standard InChI is InChI=1S/C42H68O17/c1-37(2)9-11-42(36(55)59-35-30(52)28(50)26(48)22(58-35)16-56-34-29(51)27(49)25(47)21(15-43)57-34)12-10-40(5)18(24(42)33(37)54)7-8-23-38(3)13-20(46)32(53)39(4,17-44)31(38)19(45)14-41(23,40)6/h7,19-35,43-54H,8-17H2,1-6H3/t19-,20-,21-,22-,23-,24-,25-,26-,27+,28+,29-,30-,31-,32+,33+,34-,35+,38-,39+,40-,41-,42+/m1/s1. The van der Waals surface area contributed by atoms with E-state index in [4.69, 9.17) is 18.9 Å². The van der Waals surface area contributed by atoms with E-state index in [1.165, 1.54) is 0 Å². The van der Waals surface area contributed by atoms with Crippen molar-refractivity contribution >= 4 is 5.97 Å². The second-order valence-corrected chi connectivity index (χ2v) is 20.9. The summed E-state index contributed by atoms with van der Waals surface area (Å²) in [6, 6.07) is 0. The number of rotatable bonds is 7. The lowest BCUT2D eigenvalue weighted by Crippen LogP contribution is -2.72. The van der Waals surface area contributed by atoms with Crippen LogP contribution in [0.1, 0.15) is 86.5 Å². The van der Waals surface area contributed by atoms with Crippen molar-refractivity contribution in [3.63, 3.8) is 0 Å². The third-order valence-electron chi connectivity index (χ3n) is 17.4. The molecule has 2 aliphatic heterocycles. The molecular weight excluding hydrogens is 776 g/mol. The molecule has 17 heteroatoms. The molecule has 0 aromatic rings. The van der Waals surface area contributed by atoms with Gasteiger partial charge in [0.05, 0.1) is 49.7 Å². The van der Waals surface area contributed by atoms with Gasteiger partial charge in [-0.3, -0.25) is 4.79 Å². The van der Waals surface area contributed by atoms with E-state index < -0.39 is 156 Å². The Hall–Kier alpha value is -1.39. The molecule has 7 aliphatic rings. The summed E-state index contributed by atoms with van der Waals surface area (Å²) < 4.78 is 22.8. The van der Waals surface area contributed by atoms with Crippen molar-refractivity contribution < 1.29 is 85.0 Å². The largest absolute Gasteiger partial charge is 0.432 e. The van der Waals surface area contributed by atoms with Crippen molar-refractivity contribution in [3.05, 3.63) is 11.6 Å². The van der Waals surface area contributed by atoms with Crippen LogP contribution in [0, 0.1) is 50.2 Å².